The molecule has 0 aromatic heterocycles. The first-order chi connectivity index (χ1) is 28.0. The van der Waals surface area contributed by atoms with Crippen LogP contribution in [0.1, 0.15) is 181 Å². The Bertz CT molecular complexity index is 1220. The van der Waals surface area contributed by atoms with Crippen LogP contribution in [0.25, 0.3) is 0 Å². The molecule has 1 fully saturated rings. The zero-order chi connectivity index (χ0) is 42.7. The fourth-order valence-electron chi connectivity index (χ4n) is 6.68. The number of aliphatic hydroxyl groups excluding tert-OH is 3. The molecule has 338 valence electrons. The highest BCUT2D eigenvalue weighted by Crippen LogP contribution is 2.24. The summed E-state index contributed by atoms with van der Waals surface area (Å²) < 4.78 is 54.0. The van der Waals surface area contributed by atoms with Crippen molar-refractivity contribution in [3.8, 4) is 0 Å². The smallest absolute Gasteiger partial charge is 0.306 e. The minimum Gasteiger partial charge on any atom is -0.462 e. The fourth-order valence-corrected chi connectivity index (χ4v) is 7.37. The molecule has 0 bridgehead atoms. The maximum absolute atomic E-state index is 12.8. The maximum Gasteiger partial charge on any atom is 0.306 e. The number of ether oxygens (including phenoxy) is 4. The molecule has 0 radical (unpaired) electrons. The summed E-state index contributed by atoms with van der Waals surface area (Å²) in [6.07, 6.45) is 30.5. The van der Waals surface area contributed by atoms with Gasteiger partial charge in [0.05, 0.1) is 6.61 Å². The summed E-state index contributed by atoms with van der Waals surface area (Å²) in [4.78, 5) is 25.4. The van der Waals surface area contributed by atoms with Gasteiger partial charge >= 0.3 is 11.9 Å². The minimum absolute atomic E-state index is 0.159. The molecule has 1 aliphatic heterocycles. The number of carbonyl (C=O) groups excluding carboxylic acids is 2. The molecule has 6 atom stereocenters. The predicted octanol–water partition coefficient (Wildman–Crippen LogP) is 9.00. The Labute approximate surface area is 351 Å². The molecule has 0 aliphatic carbocycles. The van der Waals surface area contributed by atoms with Gasteiger partial charge in [-0.05, 0) is 51.4 Å². The Morgan fingerprint density at radius 1 is 0.586 bits per heavy atom. The summed E-state index contributed by atoms with van der Waals surface area (Å²) in [5.41, 5.74) is 0. The quantitative estimate of drug-likeness (QED) is 0.0202. The van der Waals surface area contributed by atoms with Crippen molar-refractivity contribution in [3.63, 3.8) is 0 Å². The van der Waals surface area contributed by atoms with E-state index in [1.807, 2.05) is 0 Å². The average molecular weight is 845 g/mol. The summed E-state index contributed by atoms with van der Waals surface area (Å²) in [7, 11) is -4.60. The van der Waals surface area contributed by atoms with E-state index in [0.29, 0.717) is 12.8 Å². The second kappa shape index (κ2) is 35.6. The van der Waals surface area contributed by atoms with Crippen LogP contribution in [0.3, 0.4) is 0 Å². The zero-order valence-corrected chi connectivity index (χ0v) is 36.7. The highest BCUT2D eigenvalue weighted by Gasteiger charge is 2.46. The van der Waals surface area contributed by atoms with E-state index < -0.39 is 71.2 Å². The summed E-state index contributed by atoms with van der Waals surface area (Å²) in [6, 6.07) is 0. The van der Waals surface area contributed by atoms with Crippen molar-refractivity contribution in [2.75, 3.05) is 19.0 Å². The van der Waals surface area contributed by atoms with Crippen LogP contribution in [0.2, 0.25) is 0 Å². The number of allylic oxidation sites excluding steroid dienone is 6. The van der Waals surface area contributed by atoms with Crippen LogP contribution in [-0.2, 0) is 38.7 Å². The molecule has 4 N–H and O–H groups in total. The number of hydrogen-bond donors (Lipinski definition) is 4. The molecule has 1 heterocycles. The summed E-state index contributed by atoms with van der Waals surface area (Å²) in [5, 5.41) is 30.9. The SMILES string of the molecule is CCCCC/C=C/C/C=C/C/C=C/CCCCC(=O)OC[C@H](CO[C@H]1O[C@H](CS(=O)(=O)O)[C@@H](O)C(O)C1O)OC(=O)CCCCCCCCCCCCCCCCC. The molecule has 1 rings (SSSR count). The third kappa shape index (κ3) is 30.0. The fraction of sp³-hybridized carbons (Fsp3) is 0.822. The third-order valence-corrected chi connectivity index (χ3v) is 11.0. The molecule has 13 heteroatoms. The molecule has 0 saturated carbocycles. The molecule has 0 spiro atoms. The van der Waals surface area contributed by atoms with E-state index in [2.05, 4.69) is 50.3 Å². The summed E-state index contributed by atoms with van der Waals surface area (Å²) >= 11 is 0. The Morgan fingerprint density at radius 2 is 1.03 bits per heavy atom. The van der Waals surface area contributed by atoms with Crippen LogP contribution >= 0.6 is 0 Å². The largest absolute Gasteiger partial charge is 0.462 e. The van der Waals surface area contributed by atoms with Crippen LogP contribution in [0.5, 0.6) is 0 Å². The highest BCUT2D eigenvalue weighted by atomic mass is 32.2. The van der Waals surface area contributed by atoms with Gasteiger partial charge in [-0.15, -0.1) is 0 Å². The van der Waals surface area contributed by atoms with Gasteiger partial charge in [-0.3, -0.25) is 14.1 Å². The molecule has 0 aromatic carbocycles. The van der Waals surface area contributed by atoms with Gasteiger partial charge in [0.1, 0.15) is 36.8 Å². The lowest BCUT2D eigenvalue weighted by molar-refractivity contribution is -0.297. The van der Waals surface area contributed by atoms with E-state index in [9.17, 15) is 37.9 Å². The Balaban J connectivity index is 2.48. The molecule has 0 aromatic rings. The van der Waals surface area contributed by atoms with E-state index >= 15 is 0 Å². The number of rotatable bonds is 37. The molecule has 58 heavy (non-hydrogen) atoms. The molecular formula is C45H80O12S. The Kier molecular flexibility index (Phi) is 33.1. The highest BCUT2D eigenvalue weighted by molar-refractivity contribution is 7.85. The van der Waals surface area contributed by atoms with Crippen molar-refractivity contribution in [2.24, 2.45) is 0 Å². The number of aliphatic hydroxyl groups is 3. The first kappa shape index (κ1) is 53.9. The van der Waals surface area contributed by atoms with Crippen molar-refractivity contribution < 1.29 is 56.8 Å². The van der Waals surface area contributed by atoms with Gasteiger partial charge in [0, 0.05) is 12.8 Å². The summed E-state index contributed by atoms with van der Waals surface area (Å²) in [6.45, 7) is 3.70. The van der Waals surface area contributed by atoms with Crippen molar-refractivity contribution in [2.45, 2.75) is 218 Å². The molecule has 0 amide bonds. The van der Waals surface area contributed by atoms with Crippen molar-refractivity contribution in [3.05, 3.63) is 36.5 Å². The molecule has 1 aliphatic rings. The van der Waals surface area contributed by atoms with Crippen LogP contribution in [0, 0.1) is 0 Å². The topological polar surface area (TPSA) is 186 Å². The van der Waals surface area contributed by atoms with Crippen LogP contribution in [0.15, 0.2) is 36.5 Å². The standard InChI is InChI=1S/C45H80O12S/c1-3-5-7-9-11-13-15-17-19-21-23-25-27-29-31-33-40(46)54-35-38(36-55-45-44(50)43(49)42(48)39(57-45)37-58(51,52)53)56-41(47)34-32-30-28-26-24-22-20-18-16-14-12-10-8-6-4-2/h11,13,17,19,23,25,38-39,42-45,48-50H,3-10,12,14-16,18,20-22,24,26-37H2,1-2H3,(H,51,52,53)/b13-11+,19-17+,25-23+/t38-,39-,42-,43?,44?,45+/m1/s1. The van der Waals surface area contributed by atoms with Crippen molar-refractivity contribution in [1.29, 1.82) is 0 Å². The van der Waals surface area contributed by atoms with Crippen molar-refractivity contribution in [1.82, 2.24) is 0 Å². The van der Waals surface area contributed by atoms with Gasteiger partial charge in [0.2, 0.25) is 0 Å². The number of carbonyl (C=O) groups is 2. The van der Waals surface area contributed by atoms with E-state index in [1.54, 1.807) is 0 Å². The van der Waals surface area contributed by atoms with Gasteiger partial charge < -0.3 is 34.3 Å². The van der Waals surface area contributed by atoms with Crippen LogP contribution in [-0.4, -0.2) is 96.0 Å². The van der Waals surface area contributed by atoms with Gasteiger partial charge in [-0.25, -0.2) is 0 Å². The van der Waals surface area contributed by atoms with E-state index in [0.717, 1.165) is 51.4 Å². The normalized spacial score (nSPS) is 20.7. The van der Waals surface area contributed by atoms with Gasteiger partial charge in [-0.1, -0.05) is 153 Å². The molecule has 2 unspecified atom stereocenters. The lowest BCUT2D eigenvalue weighted by atomic mass is 10.00. The van der Waals surface area contributed by atoms with E-state index in [4.69, 9.17) is 18.9 Å². The Morgan fingerprint density at radius 3 is 1.57 bits per heavy atom. The van der Waals surface area contributed by atoms with Gasteiger partial charge in [0.25, 0.3) is 10.1 Å². The minimum atomic E-state index is -4.60. The second-order valence-electron chi connectivity index (χ2n) is 15.7. The first-order valence-electron chi connectivity index (χ1n) is 22.5. The van der Waals surface area contributed by atoms with E-state index in [1.165, 1.54) is 89.9 Å². The predicted molar refractivity (Wildman–Crippen MR) is 229 cm³/mol. The second-order valence-corrected chi connectivity index (χ2v) is 17.2. The molecular weight excluding hydrogens is 765 g/mol. The number of unbranched alkanes of at least 4 members (excludes halogenated alkanes) is 19. The molecule has 12 nitrogen and oxygen atoms in total. The monoisotopic (exact) mass is 845 g/mol. The number of esters is 2. The van der Waals surface area contributed by atoms with Crippen molar-refractivity contribution >= 4 is 22.1 Å². The first-order valence-corrected chi connectivity index (χ1v) is 24.2. The van der Waals surface area contributed by atoms with E-state index in [-0.39, 0.29) is 19.4 Å². The lowest BCUT2D eigenvalue weighted by Gasteiger charge is -2.40. The zero-order valence-electron chi connectivity index (χ0n) is 35.9. The molecule has 1 saturated heterocycles. The summed E-state index contributed by atoms with van der Waals surface area (Å²) in [5.74, 6) is -2.03. The van der Waals surface area contributed by atoms with Crippen LogP contribution < -0.4 is 0 Å². The van der Waals surface area contributed by atoms with Gasteiger partial charge in [0.15, 0.2) is 12.4 Å². The number of hydrogen-bond acceptors (Lipinski definition) is 11. The van der Waals surface area contributed by atoms with Gasteiger partial charge in [-0.2, -0.15) is 8.42 Å². The maximum atomic E-state index is 12.8. The Hall–Kier alpha value is -2.13. The lowest BCUT2D eigenvalue weighted by Crippen LogP contribution is -2.60. The third-order valence-electron chi connectivity index (χ3n) is 10.2. The average Bonchev–Trinajstić information content (AvgIpc) is 3.18. The van der Waals surface area contributed by atoms with Crippen LogP contribution in [0.4, 0.5) is 0 Å².